The average Bonchev–Trinajstić information content (AvgIpc) is 2.58. The van der Waals surface area contributed by atoms with E-state index < -0.39 is 0 Å². The molecule has 2 aromatic rings. The minimum Gasteiger partial charge on any atom is -0.271 e. The lowest BCUT2D eigenvalue weighted by atomic mass is 10.0. The largest absolute Gasteiger partial charge is 0.271 e. The Labute approximate surface area is 102 Å². The summed E-state index contributed by atoms with van der Waals surface area (Å²) in [5.41, 5.74) is 2.51. The molecule has 0 spiro atoms. The summed E-state index contributed by atoms with van der Waals surface area (Å²) in [5.74, 6) is 0.119. The van der Waals surface area contributed by atoms with Crippen LogP contribution in [0.3, 0.4) is 0 Å². The van der Waals surface area contributed by atoms with Crippen LogP contribution in [0.15, 0.2) is 12.1 Å². The van der Waals surface area contributed by atoms with Crippen molar-refractivity contribution < 1.29 is 4.39 Å². The summed E-state index contributed by atoms with van der Waals surface area (Å²) >= 11 is 0. The van der Waals surface area contributed by atoms with Gasteiger partial charge in [-0.05, 0) is 30.5 Å². The van der Waals surface area contributed by atoms with E-state index in [0.717, 1.165) is 16.6 Å². The maximum absolute atomic E-state index is 13.6. The van der Waals surface area contributed by atoms with E-state index in [1.807, 2.05) is 33.9 Å². The van der Waals surface area contributed by atoms with Crippen molar-refractivity contribution in [1.29, 1.82) is 0 Å². The van der Waals surface area contributed by atoms with Gasteiger partial charge in [0.2, 0.25) is 0 Å². The molecule has 0 saturated carbocycles. The minimum atomic E-state index is -0.229. The van der Waals surface area contributed by atoms with Crippen LogP contribution in [0.4, 0.5) is 4.39 Å². The zero-order valence-corrected chi connectivity index (χ0v) is 11.5. The molecule has 0 unspecified atom stereocenters. The third-order valence-electron chi connectivity index (χ3n) is 2.63. The van der Waals surface area contributed by atoms with Gasteiger partial charge in [0.25, 0.3) is 0 Å². The summed E-state index contributed by atoms with van der Waals surface area (Å²) in [5, 5.41) is 5.15. The number of hydrogen-bond acceptors (Lipinski definition) is 1. The molecule has 0 aliphatic rings. The predicted octanol–water partition coefficient (Wildman–Crippen LogP) is 4.17. The van der Waals surface area contributed by atoms with E-state index in [1.54, 1.807) is 4.68 Å². The molecule has 0 atom stereocenters. The molecule has 0 aliphatic carbocycles. The van der Waals surface area contributed by atoms with Gasteiger partial charge in [0.1, 0.15) is 5.52 Å². The Kier molecular flexibility index (Phi) is 4.27. The summed E-state index contributed by atoms with van der Waals surface area (Å²) in [6.07, 6.45) is 0. The standard InChI is InChI=1S/C12H15FN2.C2H6/c1-7(2)12-9-5-8(3)6-10(13)11(9)14-15(12)4;1-2/h5-7H,1-4H3;1-2H3. The van der Waals surface area contributed by atoms with E-state index in [2.05, 4.69) is 18.9 Å². The molecule has 0 N–H and O–H groups in total. The molecule has 94 valence electrons. The second kappa shape index (κ2) is 5.30. The van der Waals surface area contributed by atoms with Crippen molar-refractivity contribution in [2.24, 2.45) is 7.05 Å². The van der Waals surface area contributed by atoms with E-state index in [-0.39, 0.29) is 5.82 Å². The predicted molar refractivity (Wildman–Crippen MR) is 70.8 cm³/mol. The first-order valence-corrected chi connectivity index (χ1v) is 6.13. The average molecular weight is 236 g/mol. The zero-order valence-electron chi connectivity index (χ0n) is 11.5. The highest BCUT2D eigenvalue weighted by atomic mass is 19.1. The van der Waals surface area contributed by atoms with E-state index in [4.69, 9.17) is 0 Å². The van der Waals surface area contributed by atoms with Gasteiger partial charge in [-0.25, -0.2) is 4.39 Å². The molecule has 17 heavy (non-hydrogen) atoms. The molecular formula is C14H21FN2. The third kappa shape index (κ3) is 2.48. The van der Waals surface area contributed by atoms with Crippen LogP contribution in [-0.2, 0) is 7.05 Å². The molecule has 0 aliphatic heterocycles. The highest BCUT2D eigenvalue weighted by Crippen LogP contribution is 2.27. The maximum atomic E-state index is 13.6. The molecule has 2 nitrogen and oxygen atoms in total. The van der Waals surface area contributed by atoms with E-state index in [0.29, 0.717) is 11.4 Å². The Morgan fingerprint density at radius 2 is 1.82 bits per heavy atom. The summed E-state index contributed by atoms with van der Waals surface area (Å²) in [7, 11) is 1.87. The first-order valence-electron chi connectivity index (χ1n) is 6.13. The SMILES string of the molecule is CC.Cc1cc(F)c2nn(C)c(C(C)C)c2c1. The van der Waals surface area contributed by atoms with Crippen molar-refractivity contribution >= 4 is 10.9 Å². The third-order valence-corrected chi connectivity index (χ3v) is 2.63. The number of benzene rings is 1. The van der Waals surface area contributed by atoms with Gasteiger partial charge in [-0.15, -0.1) is 0 Å². The quantitative estimate of drug-likeness (QED) is 0.726. The summed E-state index contributed by atoms with van der Waals surface area (Å²) in [6.45, 7) is 10.1. The number of nitrogens with zero attached hydrogens (tertiary/aromatic N) is 2. The van der Waals surface area contributed by atoms with Crippen LogP contribution in [-0.4, -0.2) is 9.78 Å². The van der Waals surface area contributed by atoms with Gasteiger partial charge >= 0.3 is 0 Å². The lowest BCUT2D eigenvalue weighted by Gasteiger charge is -2.05. The van der Waals surface area contributed by atoms with E-state index in [9.17, 15) is 4.39 Å². The van der Waals surface area contributed by atoms with Crippen molar-refractivity contribution in [1.82, 2.24) is 9.78 Å². The molecule has 1 aromatic carbocycles. The van der Waals surface area contributed by atoms with Crippen molar-refractivity contribution in [2.45, 2.75) is 40.5 Å². The first-order chi connectivity index (χ1) is 8.00. The fraction of sp³-hybridized carbons (Fsp3) is 0.500. The van der Waals surface area contributed by atoms with Crippen LogP contribution in [0, 0.1) is 12.7 Å². The number of rotatable bonds is 1. The summed E-state index contributed by atoms with van der Waals surface area (Å²) in [6, 6.07) is 3.53. The normalized spacial score (nSPS) is 10.6. The number of hydrogen-bond donors (Lipinski definition) is 0. The highest BCUT2D eigenvalue weighted by Gasteiger charge is 2.15. The van der Waals surface area contributed by atoms with Gasteiger partial charge in [-0.3, -0.25) is 4.68 Å². The fourth-order valence-electron chi connectivity index (χ4n) is 2.09. The van der Waals surface area contributed by atoms with Crippen molar-refractivity contribution in [3.05, 3.63) is 29.2 Å². The van der Waals surface area contributed by atoms with Gasteiger partial charge in [0.15, 0.2) is 5.82 Å². The van der Waals surface area contributed by atoms with Crippen LogP contribution < -0.4 is 0 Å². The Bertz CT molecular complexity index is 512. The van der Waals surface area contributed by atoms with Crippen LogP contribution in [0.25, 0.3) is 10.9 Å². The van der Waals surface area contributed by atoms with E-state index in [1.165, 1.54) is 6.07 Å². The van der Waals surface area contributed by atoms with Crippen LogP contribution in [0.1, 0.15) is 44.9 Å². The molecule has 0 saturated heterocycles. The topological polar surface area (TPSA) is 17.8 Å². The number of fused-ring (bicyclic) bond motifs is 1. The van der Waals surface area contributed by atoms with Crippen LogP contribution >= 0.6 is 0 Å². The Balaban J connectivity index is 0.000000686. The Morgan fingerprint density at radius 1 is 1.24 bits per heavy atom. The van der Waals surface area contributed by atoms with E-state index >= 15 is 0 Å². The lowest BCUT2D eigenvalue weighted by Crippen LogP contribution is -1.99. The molecule has 1 heterocycles. The summed E-state index contributed by atoms with van der Waals surface area (Å²) in [4.78, 5) is 0. The van der Waals surface area contributed by atoms with Crippen LogP contribution in [0.5, 0.6) is 0 Å². The smallest absolute Gasteiger partial charge is 0.151 e. The minimum absolute atomic E-state index is 0.229. The van der Waals surface area contributed by atoms with Gasteiger partial charge < -0.3 is 0 Å². The molecule has 2 rings (SSSR count). The molecule has 1 aromatic heterocycles. The van der Waals surface area contributed by atoms with Crippen molar-refractivity contribution in [3.8, 4) is 0 Å². The lowest BCUT2D eigenvalue weighted by molar-refractivity contribution is 0.627. The first kappa shape index (κ1) is 13.7. The van der Waals surface area contributed by atoms with Gasteiger partial charge in [0.05, 0.1) is 0 Å². The number of aromatic nitrogens is 2. The Hall–Kier alpha value is -1.38. The molecule has 0 fully saturated rings. The summed E-state index contributed by atoms with van der Waals surface area (Å²) < 4.78 is 15.4. The van der Waals surface area contributed by atoms with Gasteiger partial charge in [0, 0.05) is 18.1 Å². The number of halogens is 1. The molecule has 3 heteroatoms. The van der Waals surface area contributed by atoms with Crippen molar-refractivity contribution in [2.75, 3.05) is 0 Å². The number of aryl methyl sites for hydroxylation is 2. The maximum Gasteiger partial charge on any atom is 0.151 e. The zero-order chi connectivity index (χ0) is 13.2. The van der Waals surface area contributed by atoms with Gasteiger partial charge in [-0.2, -0.15) is 5.10 Å². The Morgan fingerprint density at radius 3 is 2.35 bits per heavy atom. The highest BCUT2D eigenvalue weighted by molar-refractivity contribution is 5.83. The molecule has 0 radical (unpaired) electrons. The monoisotopic (exact) mass is 236 g/mol. The fourth-order valence-corrected chi connectivity index (χ4v) is 2.09. The molecular weight excluding hydrogens is 215 g/mol. The van der Waals surface area contributed by atoms with Gasteiger partial charge in [-0.1, -0.05) is 27.7 Å². The van der Waals surface area contributed by atoms with Crippen LogP contribution in [0.2, 0.25) is 0 Å². The molecule has 0 amide bonds. The second-order valence-electron chi connectivity index (χ2n) is 4.31. The second-order valence-corrected chi connectivity index (χ2v) is 4.31. The molecule has 0 bridgehead atoms. The van der Waals surface area contributed by atoms with Crippen molar-refractivity contribution in [3.63, 3.8) is 0 Å².